The number of halogens is 3. The summed E-state index contributed by atoms with van der Waals surface area (Å²) in [5.74, 6) is -2.95. The Morgan fingerprint density at radius 2 is 1.59 bits per heavy atom. The van der Waals surface area contributed by atoms with Crippen LogP contribution in [0.4, 0.5) is 8.78 Å². The second-order valence-corrected chi connectivity index (χ2v) is 8.26. The molecule has 0 spiro atoms. The number of rotatable bonds is 6. The van der Waals surface area contributed by atoms with Gasteiger partial charge in [0.1, 0.15) is 12.4 Å². The van der Waals surface area contributed by atoms with E-state index in [1.54, 1.807) is 31.2 Å². The first kappa shape index (κ1) is 25.6. The van der Waals surface area contributed by atoms with E-state index in [9.17, 15) is 13.6 Å². The summed E-state index contributed by atoms with van der Waals surface area (Å²) in [7, 11) is 0. The molecule has 1 atom stereocenters. The maximum atomic E-state index is 13.0. The molecule has 0 aromatic heterocycles. The van der Waals surface area contributed by atoms with E-state index < -0.39 is 11.8 Å². The number of carbonyl (C=O) groups is 1. The summed E-state index contributed by atoms with van der Waals surface area (Å²) in [4.78, 5) is 12.0. The lowest BCUT2D eigenvalue weighted by Gasteiger charge is -2.11. The molecule has 1 unspecified atom stereocenters. The number of thiol groups is 1. The summed E-state index contributed by atoms with van der Waals surface area (Å²) in [6, 6.07) is 18.5. The number of alkyl halides is 2. The monoisotopic (exact) mass is 478 g/mol. The molecule has 0 fully saturated rings. The van der Waals surface area contributed by atoms with Crippen LogP contribution in [0.3, 0.4) is 0 Å². The van der Waals surface area contributed by atoms with Gasteiger partial charge in [0, 0.05) is 28.4 Å². The topological polar surface area (TPSA) is 78.3 Å². The third-order valence-electron chi connectivity index (χ3n) is 4.30. The third kappa shape index (κ3) is 7.82. The van der Waals surface area contributed by atoms with Gasteiger partial charge in [-0.3, -0.25) is 4.79 Å². The predicted octanol–water partition coefficient (Wildman–Crippen LogP) is 5.92. The number of hydrogen-bond donors (Lipinski definition) is 3. The molecule has 0 saturated heterocycles. The Morgan fingerprint density at radius 1 is 1.06 bits per heavy atom. The fourth-order valence-corrected chi connectivity index (χ4v) is 2.97. The van der Waals surface area contributed by atoms with Gasteiger partial charge < -0.3 is 16.2 Å². The predicted molar refractivity (Wildman–Crippen MR) is 128 cm³/mol. The first-order chi connectivity index (χ1) is 15.0. The van der Waals surface area contributed by atoms with Crippen molar-refractivity contribution in [2.24, 2.45) is 11.5 Å². The number of amides is 1. The molecular formula is C24H25ClF2N2O2S. The molecule has 3 aromatic rings. The van der Waals surface area contributed by atoms with Crippen LogP contribution in [-0.4, -0.2) is 18.6 Å². The van der Waals surface area contributed by atoms with Crippen molar-refractivity contribution >= 4 is 30.1 Å². The molecule has 0 saturated carbocycles. The van der Waals surface area contributed by atoms with Crippen LogP contribution in [0, 0.1) is 0 Å². The van der Waals surface area contributed by atoms with Crippen LogP contribution >= 0.6 is 24.2 Å². The van der Waals surface area contributed by atoms with E-state index in [2.05, 4.69) is 12.6 Å². The SMILES string of the molecule is CC(F)(F)c1ccc(-c2ccc(S)cc2)cc1.CC(N)COc1ccc(Cl)cc1C(N)=O. The van der Waals surface area contributed by atoms with Crippen LogP contribution < -0.4 is 16.2 Å². The van der Waals surface area contributed by atoms with E-state index in [0.29, 0.717) is 17.4 Å². The minimum atomic E-state index is -2.78. The van der Waals surface area contributed by atoms with Crippen molar-refractivity contribution in [2.45, 2.75) is 30.7 Å². The van der Waals surface area contributed by atoms with Gasteiger partial charge in [-0.2, -0.15) is 0 Å². The zero-order valence-corrected chi connectivity index (χ0v) is 19.3. The van der Waals surface area contributed by atoms with Crippen molar-refractivity contribution in [1.29, 1.82) is 0 Å². The van der Waals surface area contributed by atoms with Gasteiger partial charge >= 0.3 is 0 Å². The lowest BCUT2D eigenvalue weighted by Crippen LogP contribution is -2.24. The third-order valence-corrected chi connectivity index (χ3v) is 4.83. The minimum Gasteiger partial charge on any atom is -0.491 e. The Bertz CT molecular complexity index is 1040. The van der Waals surface area contributed by atoms with E-state index >= 15 is 0 Å². The molecule has 32 heavy (non-hydrogen) atoms. The Kier molecular flexibility index (Phi) is 9.07. The normalized spacial score (nSPS) is 11.8. The van der Waals surface area contributed by atoms with Crippen molar-refractivity contribution in [1.82, 2.24) is 0 Å². The molecule has 0 radical (unpaired) electrons. The average molecular weight is 479 g/mol. The zero-order valence-electron chi connectivity index (χ0n) is 17.7. The number of nitrogens with two attached hydrogens (primary N) is 2. The molecular weight excluding hydrogens is 454 g/mol. The zero-order chi connectivity index (χ0) is 23.9. The number of benzene rings is 3. The standard InChI is InChI=1S/C14H12F2S.C10H13ClN2O2/c1-14(15,16)12-6-2-10(3-7-12)11-4-8-13(17)9-5-11;1-6(12)5-15-9-3-2-7(11)4-8(9)10(13)14/h2-9,17H,1H3;2-4,6H,5,12H2,1H3,(H2,13,14). The summed E-state index contributed by atoms with van der Waals surface area (Å²) >= 11 is 9.93. The largest absolute Gasteiger partial charge is 0.491 e. The number of ether oxygens (including phenoxy) is 1. The summed E-state index contributed by atoms with van der Waals surface area (Å²) in [6.45, 7) is 3.03. The van der Waals surface area contributed by atoms with Crippen LogP contribution in [0.5, 0.6) is 5.75 Å². The highest BCUT2D eigenvalue weighted by atomic mass is 35.5. The minimum absolute atomic E-state index is 0.0343. The van der Waals surface area contributed by atoms with Crippen LogP contribution in [0.1, 0.15) is 29.8 Å². The van der Waals surface area contributed by atoms with Gasteiger partial charge in [-0.05, 0) is 48.4 Å². The Labute approximate surface area is 196 Å². The quantitative estimate of drug-likeness (QED) is 0.385. The van der Waals surface area contributed by atoms with Crippen LogP contribution in [-0.2, 0) is 5.92 Å². The highest BCUT2D eigenvalue weighted by molar-refractivity contribution is 7.80. The van der Waals surface area contributed by atoms with E-state index in [1.807, 2.05) is 24.3 Å². The Morgan fingerprint density at radius 3 is 2.06 bits per heavy atom. The number of hydrogen-bond acceptors (Lipinski definition) is 4. The molecule has 4 nitrogen and oxygen atoms in total. The number of carbonyl (C=O) groups excluding carboxylic acids is 1. The molecule has 8 heteroatoms. The van der Waals surface area contributed by atoms with Gasteiger partial charge in [0.05, 0.1) is 5.56 Å². The second kappa shape index (κ2) is 11.3. The molecule has 170 valence electrons. The van der Waals surface area contributed by atoms with Gasteiger partial charge in [-0.25, -0.2) is 8.78 Å². The smallest absolute Gasteiger partial charge is 0.270 e. The van der Waals surface area contributed by atoms with Crippen LogP contribution in [0.15, 0.2) is 71.6 Å². The fourth-order valence-electron chi connectivity index (χ4n) is 2.65. The highest BCUT2D eigenvalue weighted by Crippen LogP contribution is 2.29. The van der Waals surface area contributed by atoms with Gasteiger partial charge in [0.15, 0.2) is 0 Å². The number of primary amides is 1. The first-order valence-electron chi connectivity index (χ1n) is 9.73. The molecule has 4 N–H and O–H groups in total. The van der Waals surface area contributed by atoms with Crippen molar-refractivity contribution in [3.8, 4) is 16.9 Å². The Balaban J connectivity index is 0.000000229. The van der Waals surface area contributed by atoms with Crippen molar-refractivity contribution < 1.29 is 18.3 Å². The maximum absolute atomic E-state index is 13.0. The summed E-state index contributed by atoms with van der Waals surface area (Å²) in [5.41, 5.74) is 12.9. The molecule has 3 aromatic carbocycles. The molecule has 0 aliphatic rings. The molecule has 0 aliphatic carbocycles. The molecule has 0 aliphatic heterocycles. The van der Waals surface area contributed by atoms with Crippen molar-refractivity contribution in [3.05, 3.63) is 82.9 Å². The van der Waals surface area contributed by atoms with Gasteiger partial charge in [0.25, 0.3) is 11.8 Å². The summed E-state index contributed by atoms with van der Waals surface area (Å²) < 4.78 is 31.4. The van der Waals surface area contributed by atoms with Gasteiger partial charge in [-0.1, -0.05) is 48.0 Å². The van der Waals surface area contributed by atoms with E-state index in [1.165, 1.54) is 18.2 Å². The van der Waals surface area contributed by atoms with Crippen LogP contribution in [0.25, 0.3) is 11.1 Å². The van der Waals surface area contributed by atoms with Crippen molar-refractivity contribution in [3.63, 3.8) is 0 Å². The second-order valence-electron chi connectivity index (χ2n) is 7.31. The highest BCUT2D eigenvalue weighted by Gasteiger charge is 2.23. The maximum Gasteiger partial charge on any atom is 0.270 e. The van der Waals surface area contributed by atoms with Gasteiger partial charge in [0.2, 0.25) is 0 Å². The van der Waals surface area contributed by atoms with Gasteiger partial charge in [-0.15, -0.1) is 12.6 Å². The molecule has 3 rings (SSSR count). The van der Waals surface area contributed by atoms with Crippen LogP contribution in [0.2, 0.25) is 5.02 Å². The fraction of sp³-hybridized carbons (Fsp3) is 0.208. The van der Waals surface area contributed by atoms with E-state index in [0.717, 1.165) is 22.9 Å². The lowest BCUT2D eigenvalue weighted by atomic mass is 10.0. The average Bonchev–Trinajstić information content (AvgIpc) is 2.73. The summed E-state index contributed by atoms with van der Waals surface area (Å²) in [5, 5.41) is 0.442. The molecule has 0 heterocycles. The van der Waals surface area contributed by atoms with Crippen molar-refractivity contribution in [2.75, 3.05) is 6.61 Å². The Hall–Kier alpha value is -2.61. The van der Waals surface area contributed by atoms with E-state index in [-0.39, 0.29) is 17.2 Å². The lowest BCUT2D eigenvalue weighted by molar-refractivity contribution is 0.0175. The summed E-state index contributed by atoms with van der Waals surface area (Å²) in [6.07, 6.45) is 0. The molecule has 0 bridgehead atoms. The molecule has 1 amide bonds. The first-order valence-corrected chi connectivity index (χ1v) is 10.6. The van der Waals surface area contributed by atoms with E-state index in [4.69, 9.17) is 27.8 Å².